The minimum absolute atomic E-state index is 0. The van der Waals surface area contributed by atoms with Gasteiger partial charge in [0, 0.05) is 0 Å². The van der Waals surface area contributed by atoms with Gasteiger partial charge >= 0.3 is 76.2 Å². The van der Waals surface area contributed by atoms with Crippen molar-refractivity contribution in [2.45, 2.75) is 12.8 Å². The van der Waals surface area contributed by atoms with Crippen LogP contribution in [-0.4, -0.2) is 0 Å². The summed E-state index contributed by atoms with van der Waals surface area (Å²) < 4.78 is 3.36. The van der Waals surface area contributed by atoms with Gasteiger partial charge < -0.3 is 29.4 Å². The molecule has 2 rings (SSSR count). The van der Waals surface area contributed by atoms with E-state index in [-0.39, 0.29) is 48.5 Å². The summed E-state index contributed by atoms with van der Waals surface area (Å²) in [6.45, 7) is 0. The molecule has 2 aliphatic carbocycles. The van der Waals surface area contributed by atoms with Crippen LogP contribution in [0.1, 0.15) is 12.8 Å². The molecular weight excluding hydrogens is 283 g/mol. The summed E-state index contributed by atoms with van der Waals surface area (Å²) in [6, 6.07) is 0. The van der Waals surface area contributed by atoms with Crippen molar-refractivity contribution in [1.82, 2.24) is 0 Å². The van der Waals surface area contributed by atoms with Crippen LogP contribution in [-0.2, 0) is 19.2 Å². The number of halogens is 2. The Morgan fingerprint density at radius 1 is 0.923 bits per heavy atom. The van der Waals surface area contributed by atoms with Crippen molar-refractivity contribution in [2.75, 3.05) is 0 Å². The van der Waals surface area contributed by atoms with Gasteiger partial charge in [-0.3, -0.25) is 0 Å². The molecule has 0 aliphatic heterocycles. The second kappa shape index (κ2) is 6.83. The van der Waals surface area contributed by atoms with Crippen LogP contribution in [0, 0.1) is 0 Å². The molecule has 3 heteroatoms. The molecule has 0 spiro atoms. The first-order valence-corrected chi connectivity index (χ1v) is 5.50. The summed E-state index contributed by atoms with van der Waals surface area (Å²) in [6.07, 6.45) is 15.9. The first-order valence-electron chi connectivity index (χ1n) is 3.93. The van der Waals surface area contributed by atoms with E-state index in [0.717, 1.165) is 0 Å². The van der Waals surface area contributed by atoms with Crippen LogP contribution < -0.4 is 29.4 Å². The molecule has 0 aromatic heterocycles. The molecule has 0 radical (unpaired) electrons. The van der Waals surface area contributed by atoms with Gasteiger partial charge in [0.2, 0.25) is 0 Å². The molecule has 0 heterocycles. The third-order valence-corrected chi connectivity index (χ3v) is 4.02. The van der Waals surface area contributed by atoms with Gasteiger partial charge in [0.15, 0.2) is 0 Å². The number of rotatable bonds is 2. The molecule has 0 aromatic rings. The van der Waals surface area contributed by atoms with Crippen LogP contribution in [0.2, 0.25) is 0 Å². The summed E-state index contributed by atoms with van der Waals surface area (Å²) in [5.74, 6) is 0. The second-order valence-corrected chi connectivity index (χ2v) is 5.17. The van der Waals surface area contributed by atoms with Crippen LogP contribution in [0.15, 0.2) is 44.2 Å². The van der Waals surface area contributed by atoms with Gasteiger partial charge in [0.1, 0.15) is 0 Å². The molecule has 0 fully saturated rings. The fraction of sp³-hybridized carbons (Fsp3) is 0.200. The molecule has 68 valence electrons. The Morgan fingerprint density at radius 2 is 1.38 bits per heavy atom. The smallest absolute Gasteiger partial charge is 1.00 e. The standard InChI is InChI=1S/2C5H5.BrH.ClH.Ti/c2*1-2-4-5-3-1;;;/h2*1-3H,4H2;2*1H;/q;;;;+2/p-2. The third kappa shape index (κ3) is 3.99. The molecule has 2 aliphatic rings. The number of allylic oxidation sites excluding steroid dienone is 8. The van der Waals surface area contributed by atoms with Crippen molar-refractivity contribution in [3.8, 4) is 0 Å². The molecule has 0 amide bonds. The monoisotopic (exact) mass is 292 g/mol. The topological polar surface area (TPSA) is 0 Å². The summed E-state index contributed by atoms with van der Waals surface area (Å²) in [5.41, 5.74) is 0. The molecule has 0 atom stereocenters. The second-order valence-electron chi connectivity index (χ2n) is 2.77. The Bertz CT molecular complexity index is 249. The normalized spacial score (nSPS) is 16.9. The SMILES string of the molecule is C1=CC[C]([Ti+2][C]2=CC=CC2)=C1.[Br-].[Cl-]. The maximum Gasteiger partial charge on any atom is -1.00 e. The predicted molar refractivity (Wildman–Crippen MR) is 43.7 cm³/mol. The average Bonchev–Trinajstić information content (AvgIpc) is 2.60. The van der Waals surface area contributed by atoms with E-state index < -0.39 is 0 Å². The Kier molecular flexibility index (Phi) is 7.07. The molecule has 0 saturated heterocycles. The van der Waals surface area contributed by atoms with Gasteiger partial charge in [-0.25, -0.2) is 0 Å². The van der Waals surface area contributed by atoms with Gasteiger partial charge in [-0.1, -0.05) is 0 Å². The van der Waals surface area contributed by atoms with Crippen molar-refractivity contribution in [2.24, 2.45) is 0 Å². The number of hydrogen-bond donors (Lipinski definition) is 0. The first-order chi connectivity index (χ1) is 5.45. The zero-order chi connectivity index (χ0) is 7.52. The summed E-state index contributed by atoms with van der Waals surface area (Å²) in [5, 5.41) is 0. The van der Waals surface area contributed by atoms with E-state index in [1.807, 2.05) is 0 Å². The van der Waals surface area contributed by atoms with Crippen LogP contribution in [0.3, 0.4) is 0 Å². The van der Waals surface area contributed by atoms with Crippen LogP contribution in [0.5, 0.6) is 0 Å². The quantitative estimate of drug-likeness (QED) is 0.470. The van der Waals surface area contributed by atoms with Crippen LogP contribution in [0.25, 0.3) is 0 Å². The fourth-order valence-electron chi connectivity index (χ4n) is 1.29. The third-order valence-electron chi connectivity index (χ3n) is 1.86. The van der Waals surface area contributed by atoms with Crippen molar-refractivity contribution < 1.29 is 48.5 Å². The van der Waals surface area contributed by atoms with Gasteiger partial charge in [-0.2, -0.15) is 0 Å². The predicted octanol–water partition coefficient (Wildman–Crippen LogP) is -3.24. The summed E-state index contributed by atoms with van der Waals surface area (Å²) in [7, 11) is 0. The molecule has 0 aromatic carbocycles. The Labute approximate surface area is 105 Å². The van der Waals surface area contributed by atoms with Crippen LogP contribution >= 0.6 is 0 Å². The van der Waals surface area contributed by atoms with E-state index in [0.29, 0.717) is 0 Å². The molecule has 0 bridgehead atoms. The summed E-state index contributed by atoms with van der Waals surface area (Å²) >= 11 is 0.0833. The van der Waals surface area contributed by atoms with Gasteiger partial charge in [-0.05, 0) is 0 Å². The van der Waals surface area contributed by atoms with Gasteiger partial charge in [-0.15, -0.1) is 0 Å². The van der Waals surface area contributed by atoms with Crippen molar-refractivity contribution in [3.05, 3.63) is 44.2 Å². The molecule has 13 heavy (non-hydrogen) atoms. The summed E-state index contributed by atoms with van der Waals surface area (Å²) in [4.78, 5) is 0. The average molecular weight is 293 g/mol. The molecule has 0 N–H and O–H groups in total. The Balaban J connectivity index is 0.000000720. The Morgan fingerprint density at radius 3 is 1.69 bits per heavy atom. The van der Waals surface area contributed by atoms with E-state index in [2.05, 4.69) is 36.5 Å². The maximum absolute atomic E-state index is 2.29. The van der Waals surface area contributed by atoms with E-state index in [1.54, 1.807) is 7.76 Å². The Hall–Kier alpha value is 0.444. The maximum atomic E-state index is 2.29. The van der Waals surface area contributed by atoms with Crippen molar-refractivity contribution in [3.63, 3.8) is 0 Å². The van der Waals surface area contributed by atoms with Gasteiger partial charge in [0.05, 0.1) is 0 Å². The zero-order valence-corrected chi connectivity index (χ0v) is 11.0. The first kappa shape index (κ1) is 13.4. The van der Waals surface area contributed by atoms with Crippen LogP contribution in [0.4, 0.5) is 0 Å². The fourth-order valence-corrected chi connectivity index (χ4v) is 3.18. The van der Waals surface area contributed by atoms with E-state index in [4.69, 9.17) is 0 Å². The molecule has 0 unspecified atom stereocenters. The van der Waals surface area contributed by atoms with E-state index in [1.165, 1.54) is 12.8 Å². The molecule has 0 nitrogen and oxygen atoms in total. The zero-order valence-electron chi connectivity index (χ0n) is 7.13. The number of hydrogen-bond acceptors (Lipinski definition) is 0. The largest absolute Gasteiger partial charge is 1.00 e. The van der Waals surface area contributed by atoms with Crippen molar-refractivity contribution in [1.29, 1.82) is 0 Å². The van der Waals surface area contributed by atoms with Crippen molar-refractivity contribution >= 4 is 0 Å². The molecule has 0 saturated carbocycles. The van der Waals surface area contributed by atoms with E-state index >= 15 is 0 Å². The minimum atomic E-state index is 0. The van der Waals surface area contributed by atoms with E-state index in [9.17, 15) is 0 Å². The van der Waals surface area contributed by atoms with Gasteiger partial charge in [0.25, 0.3) is 0 Å². The molecular formula is C10H10BrClTi. The minimum Gasteiger partial charge on any atom is -1.00 e.